The van der Waals surface area contributed by atoms with Crippen molar-refractivity contribution in [3.63, 3.8) is 0 Å². The molecule has 0 spiro atoms. The van der Waals surface area contributed by atoms with Crippen molar-refractivity contribution in [1.82, 2.24) is 9.84 Å². The molecule has 1 aliphatic heterocycles. The normalized spacial score (nSPS) is 14.2. The highest BCUT2D eigenvalue weighted by molar-refractivity contribution is 7.91. The first-order valence-corrected chi connectivity index (χ1v) is 12.5. The Kier molecular flexibility index (Phi) is 5.68. The zero-order valence-electron chi connectivity index (χ0n) is 17.6. The molecule has 0 atom stereocenters. The number of amidine groups is 1. The van der Waals surface area contributed by atoms with Gasteiger partial charge in [-0.15, -0.1) is 8.81 Å². The van der Waals surface area contributed by atoms with Gasteiger partial charge in [0.1, 0.15) is 10.6 Å². The van der Waals surface area contributed by atoms with E-state index in [1.54, 1.807) is 18.2 Å². The molecule has 0 radical (unpaired) electrons. The molecule has 9 nitrogen and oxygen atoms in total. The Hall–Kier alpha value is -3.70. The van der Waals surface area contributed by atoms with Crippen LogP contribution in [0.25, 0.3) is 0 Å². The minimum absolute atomic E-state index is 0.0833. The molecule has 33 heavy (non-hydrogen) atoms. The largest absolute Gasteiger partial charge is 0.497 e. The number of nitrogens with one attached hydrogen (secondary N) is 1. The van der Waals surface area contributed by atoms with Crippen molar-refractivity contribution in [2.75, 3.05) is 7.11 Å². The molecule has 170 valence electrons. The molecule has 3 aromatic carbocycles. The van der Waals surface area contributed by atoms with Gasteiger partial charge in [0.25, 0.3) is 26.0 Å². The van der Waals surface area contributed by atoms with Gasteiger partial charge >= 0.3 is 0 Å². The van der Waals surface area contributed by atoms with E-state index >= 15 is 0 Å². The molecule has 1 heterocycles. The summed E-state index contributed by atoms with van der Waals surface area (Å²) in [4.78, 5) is 13.0. The van der Waals surface area contributed by atoms with Gasteiger partial charge in [-0.3, -0.25) is 10.2 Å². The fourth-order valence-corrected chi connectivity index (χ4v) is 5.56. The first-order valence-electron chi connectivity index (χ1n) is 9.65. The van der Waals surface area contributed by atoms with Gasteiger partial charge in [0.2, 0.25) is 0 Å². The number of fused-ring (bicyclic) bond motifs is 1. The maximum Gasteiger partial charge on any atom is 0.286 e. The summed E-state index contributed by atoms with van der Waals surface area (Å²) in [7, 11) is -7.07. The van der Waals surface area contributed by atoms with Gasteiger partial charge in [-0.05, 0) is 55.5 Å². The van der Waals surface area contributed by atoms with E-state index < -0.39 is 26.0 Å². The summed E-state index contributed by atoms with van der Waals surface area (Å²) in [5.74, 6) is -0.753. The summed E-state index contributed by atoms with van der Waals surface area (Å²) in [6.07, 6.45) is 0. The molecule has 1 amide bonds. The lowest BCUT2D eigenvalue weighted by atomic mass is 10.1. The van der Waals surface area contributed by atoms with Crippen LogP contribution in [-0.2, 0) is 20.0 Å². The Morgan fingerprint density at radius 3 is 2.24 bits per heavy atom. The van der Waals surface area contributed by atoms with Crippen LogP contribution in [0.2, 0.25) is 0 Å². The average molecular weight is 486 g/mol. The Morgan fingerprint density at radius 2 is 1.61 bits per heavy atom. The van der Waals surface area contributed by atoms with Crippen molar-refractivity contribution in [1.29, 1.82) is 0 Å². The quantitative estimate of drug-likeness (QED) is 0.563. The van der Waals surface area contributed by atoms with Crippen molar-refractivity contribution >= 4 is 31.8 Å². The van der Waals surface area contributed by atoms with Crippen LogP contribution in [0, 0.1) is 6.92 Å². The number of methoxy groups -OCH3 is 1. The van der Waals surface area contributed by atoms with Gasteiger partial charge in [0.15, 0.2) is 5.84 Å². The molecule has 0 saturated carbocycles. The van der Waals surface area contributed by atoms with Crippen LogP contribution in [0.15, 0.2) is 87.0 Å². The molecule has 1 aliphatic rings. The lowest BCUT2D eigenvalue weighted by molar-refractivity contribution is 0.0838. The van der Waals surface area contributed by atoms with Crippen LogP contribution in [-0.4, -0.2) is 40.1 Å². The number of sulfonamides is 2. The Bertz CT molecular complexity index is 1460. The highest BCUT2D eigenvalue weighted by Crippen LogP contribution is 2.26. The highest BCUT2D eigenvalue weighted by atomic mass is 32.2. The Balaban J connectivity index is 1.81. The molecule has 1 N–H and O–H groups in total. The molecule has 4 rings (SSSR count). The Labute approximate surface area is 191 Å². The van der Waals surface area contributed by atoms with Gasteiger partial charge in [0, 0.05) is 11.1 Å². The van der Waals surface area contributed by atoms with Crippen molar-refractivity contribution in [2.45, 2.75) is 16.7 Å². The van der Waals surface area contributed by atoms with E-state index in [1.807, 2.05) is 6.92 Å². The number of aryl methyl sites for hydroxylation is 1. The molecule has 0 aromatic heterocycles. The van der Waals surface area contributed by atoms with Crippen molar-refractivity contribution in [3.05, 3.63) is 89.5 Å². The molecule has 0 aliphatic carbocycles. The topological polar surface area (TPSA) is 122 Å². The van der Waals surface area contributed by atoms with Crippen LogP contribution in [0.1, 0.15) is 21.5 Å². The van der Waals surface area contributed by atoms with Crippen molar-refractivity contribution < 1.29 is 26.4 Å². The summed E-state index contributed by atoms with van der Waals surface area (Å²) in [5, 5.41) is 0. The Morgan fingerprint density at radius 1 is 0.970 bits per heavy atom. The molecular formula is C22H19N3O6S2. The number of nitrogens with zero attached hydrogens (tertiary/aromatic N) is 2. The third kappa shape index (κ3) is 4.20. The number of hydrogen-bond donors (Lipinski definition) is 1. The van der Waals surface area contributed by atoms with E-state index in [9.17, 15) is 21.6 Å². The van der Waals surface area contributed by atoms with Crippen LogP contribution in [0.4, 0.5) is 0 Å². The number of carbonyl (C=O) groups is 1. The lowest BCUT2D eigenvalue weighted by Crippen LogP contribution is -2.49. The fourth-order valence-electron chi connectivity index (χ4n) is 3.17. The van der Waals surface area contributed by atoms with E-state index in [0.717, 1.165) is 5.56 Å². The second kappa shape index (κ2) is 8.34. The lowest BCUT2D eigenvalue weighted by Gasteiger charge is -2.24. The average Bonchev–Trinajstić information content (AvgIpc) is 3.07. The van der Waals surface area contributed by atoms with Gasteiger partial charge in [0.05, 0.1) is 12.0 Å². The molecule has 0 fully saturated rings. The second-order valence-corrected chi connectivity index (χ2v) is 10.5. The number of carbonyl (C=O) groups excluding carboxylic acids is 1. The third-order valence-electron chi connectivity index (χ3n) is 4.92. The number of benzene rings is 3. The summed E-state index contributed by atoms with van der Waals surface area (Å²) in [6.45, 7) is 1.83. The zero-order valence-corrected chi connectivity index (χ0v) is 19.2. The van der Waals surface area contributed by atoms with Crippen LogP contribution in [0.3, 0.4) is 0 Å². The minimum atomic E-state index is -4.47. The van der Waals surface area contributed by atoms with Crippen LogP contribution in [0.5, 0.6) is 5.75 Å². The molecular weight excluding hydrogens is 466 g/mol. The number of rotatable bonds is 4. The third-order valence-corrected chi connectivity index (χ3v) is 7.86. The first kappa shape index (κ1) is 22.5. The predicted molar refractivity (Wildman–Crippen MR) is 121 cm³/mol. The second-order valence-electron chi connectivity index (χ2n) is 7.14. The van der Waals surface area contributed by atoms with E-state index in [1.165, 1.54) is 61.7 Å². The van der Waals surface area contributed by atoms with Gasteiger partial charge in [-0.2, -0.15) is 16.8 Å². The standard InChI is InChI=1S/C22H19N3O6S2/c1-15-7-9-16(10-8-15)22(26)25(33(29,30)18-13-11-17(31-2)12-14-18)23-21-19-5-3-4-6-20(19)32(27,28)24-21/h3-14H,1-2H3,(H,23,24). The summed E-state index contributed by atoms with van der Waals surface area (Å²) >= 11 is 0. The maximum atomic E-state index is 13.5. The zero-order chi connectivity index (χ0) is 23.8. The van der Waals surface area contributed by atoms with E-state index in [-0.39, 0.29) is 26.8 Å². The minimum Gasteiger partial charge on any atom is -0.497 e. The van der Waals surface area contributed by atoms with Gasteiger partial charge < -0.3 is 4.74 Å². The fraction of sp³-hybridized carbons (Fsp3) is 0.0909. The first-order chi connectivity index (χ1) is 15.6. The monoisotopic (exact) mass is 485 g/mol. The van der Waals surface area contributed by atoms with E-state index in [2.05, 4.69) is 9.82 Å². The van der Waals surface area contributed by atoms with Gasteiger partial charge in [-0.1, -0.05) is 29.8 Å². The molecule has 0 saturated heterocycles. The molecule has 0 unspecified atom stereocenters. The SMILES string of the molecule is COc1ccc(S(=O)(=O)N(NC2=NS(=O)(=O)c3ccccc32)C(=O)c2ccc(C)cc2)cc1. The van der Waals surface area contributed by atoms with Crippen molar-refractivity contribution in [2.24, 2.45) is 4.40 Å². The summed E-state index contributed by atoms with van der Waals surface area (Å²) in [5.41, 5.74) is 3.56. The number of hydrogen-bond acceptors (Lipinski definition) is 7. The van der Waals surface area contributed by atoms with Crippen LogP contribution < -0.4 is 10.2 Å². The molecule has 11 heteroatoms. The summed E-state index contributed by atoms with van der Waals surface area (Å²) in [6, 6.07) is 17.7. The van der Waals surface area contributed by atoms with Crippen molar-refractivity contribution in [3.8, 4) is 5.75 Å². The maximum absolute atomic E-state index is 13.5. The van der Waals surface area contributed by atoms with E-state index in [0.29, 0.717) is 10.2 Å². The van der Waals surface area contributed by atoms with E-state index in [4.69, 9.17) is 4.74 Å². The number of ether oxygens (including phenoxy) is 1. The molecule has 0 bridgehead atoms. The van der Waals surface area contributed by atoms with Gasteiger partial charge in [-0.25, -0.2) is 0 Å². The molecule has 3 aromatic rings. The predicted octanol–water partition coefficient (Wildman–Crippen LogP) is 2.49. The number of hydrazine groups is 1. The highest BCUT2D eigenvalue weighted by Gasteiger charge is 2.36. The summed E-state index contributed by atoms with van der Waals surface area (Å²) < 4.78 is 60.9. The number of amides is 1. The van der Waals surface area contributed by atoms with Crippen LogP contribution >= 0.6 is 0 Å². The smallest absolute Gasteiger partial charge is 0.286 e.